The molecule has 0 atom stereocenters. The second kappa shape index (κ2) is 4.78. The number of aromatic nitrogens is 2. The standard InChI is InChI=1S/C16H18N2O2/c1-9-7-11(8-10(2)14(9)19)15-17-13-6-4-3-5-12(13)16(20)18-15/h7-8,19H,3-6H2,1-2H3,(H,17,18,20). The van der Waals surface area contributed by atoms with Crippen molar-refractivity contribution in [3.63, 3.8) is 0 Å². The van der Waals surface area contributed by atoms with Gasteiger partial charge in [-0.15, -0.1) is 0 Å². The summed E-state index contributed by atoms with van der Waals surface area (Å²) in [6.07, 6.45) is 3.86. The van der Waals surface area contributed by atoms with Crippen LogP contribution in [0.25, 0.3) is 11.4 Å². The van der Waals surface area contributed by atoms with Gasteiger partial charge in [0, 0.05) is 11.1 Å². The van der Waals surface area contributed by atoms with E-state index in [1.165, 1.54) is 0 Å². The van der Waals surface area contributed by atoms with Crippen LogP contribution < -0.4 is 5.56 Å². The average molecular weight is 270 g/mol. The summed E-state index contributed by atoms with van der Waals surface area (Å²) in [5.74, 6) is 0.899. The van der Waals surface area contributed by atoms with E-state index < -0.39 is 0 Å². The summed E-state index contributed by atoms with van der Waals surface area (Å²) in [5.41, 5.74) is 4.18. The zero-order valence-corrected chi connectivity index (χ0v) is 11.8. The molecule has 2 N–H and O–H groups in total. The number of phenols is 1. The van der Waals surface area contributed by atoms with Crippen LogP contribution in [0, 0.1) is 13.8 Å². The Morgan fingerprint density at radius 1 is 1.15 bits per heavy atom. The van der Waals surface area contributed by atoms with Gasteiger partial charge in [0.25, 0.3) is 5.56 Å². The molecule has 1 heterocycles. The van der Waals surface area contributed by atoms with Gasteiger partial charge in [-0.3, -0.25) is 4.79 Å². The monoisotopic (exact) mass is 270 g/mol. The maximum absolute atomic E-state index is 12.1. The van der Waals surface area contributed by atoms with Crippen LogP contribution in [-0.4, -0.2) is 15.1 Å². The molecule has 0 saturated carbocycles. The molecule has 1 aliphatic rings. The number of nitrogens with one attached hydrogen (secondary N) is 1. The van der Waals surface area contributed by atoms with Gasteiger partial charge in [-0.25, -0.2) is 4.98 Å². The van der Waals surface area contributed by atoms with Crippen molar-refractivity contribution >= 4 is 0 Å². The van der Waals surface area contributed by atoms with Gasteiger partial charge in [0.1, 0.15) is 11.6 Å². The molecule has 1 aromatic heterocycles. The normalized spacial score (nSPS) is 14.1. The molecular weight excluding hydrogens is 252 g/mol. The van der Waals surface area contributed by atoms with Crippen LogP contribution in [0.2, 0.25) is 0 Å². The van der Waals surface area contributed by atoms with Crippen LogP contribution in [0.3, 0.4) is 0 Å². The molecule has 0 saturated heterocycles. The summed E-state index contributed by atoms with van der Waals surface area (Å²) >= 11 is 0. The average Bonchev–Trinajstić information content (AvgIpc) is 2.44. The first kappa shape index (κ1) is 12.9. The summed E-state index contributed by atoms with van der Waals surface area (Å²) < 4.78 is 0. The van der Waals surface area contributed by atoms with Crippen LogP contribution >= 0.6 is 0 Å². The molecule has 0 radical (unpaired) electrons. The van der Waals surface area contributed by atoms with Gasteiger partial charge in [0.15, 0.2) is 0 Å². The number of hydrogen-bond acceptors (Lipinski definition) is 3. The molecule has 0 aliphatic heterocycles. The Hall–Kier alpha value is -2.10. The van der Waals surface area contributed by atoms with Gasteiger partial charge in [0.2, 0.25) is 0 Å². The van der Waals surface area contributed by atoms with Crippen molar-refractivity contribution in [3.05, 3.63) is 44.9 Å². The Morgan fingerprint density at radius 3 is 2.50 bits per heavy atom. The maximum Gasteiger partial charge on any atom is 0.254 e. The predicted octanol–water partition coefficient (Wildman–Crippen LogP) is 2.64. The lowest BCUT2D eigenvalue weighted by molar-refractivity contribution is 0.467. The SMILES string of the molecule is Cc1cc(-c2nc3c(c(=O)[nH]2)CCCC3)cc(C)c1O. The number of aryl methyl sites for hydroxylation is 3. The highest BCUT2D eigenvalue weighted by atomic mass is 16.3. The minimum atomic E-state index is -0.0203. The maximum atomic E-state index is 12.1. The number of benzene rings is 1. The number of aromatic hydroxyl groups is 1. The first-order chi connectivity index (χ1) is 9.56. The fourth-order valence-corrected chi connectivity index (χ4v) is 2.83. The topological polar surface area (TPSA) is 66.0 Å². The second-order valence-corrected chi connectivity index (χ2v) is 5.51. The number of fused-ring (bicyclic) bond motifs is 1. The number of hydrogen-bond donors (Lipinski definition) is 2. The Labute approximate surface area is 117 Å². The molecule has 4 nitrogen and oxygen atoms in total. The van der Waals surface area contributed by atoms with Gasteiger partial charge in [-0.05, 0) is 62.8 Å². The van der Waals surface area contributed by atoms with Crippen LogP contribution in [0.5, 0.6) is 5.75 Å². The molecule has 4 heteroatoms. The smallest absolute Gasteiger partial charge is 0.254 e. The zero-order chi connectivity index (χ0) is 14.3. The number of H-pyrrole nitrogens is 1. The predicted molar refractivity (Wildman–Crippen MR) is 78.1 cm³/mol. The van der Waals surface area contributed by atoms with E-state index in [4.69, 9.17) is 0 Å². The third kappa shape index (κ3) is 2.11. The highest BCUT2D eigenvalue weighted by Crippen LogP contribution is 2.28. The van der Waals surface area contributed by atoms with Crippen molar-refractivity contribution in [2.45, 2.75) is 39.5 Å². The largest absolute Gasteiger partial charge is 0.507 e. The van der Waals surface area contributed by atoms with Crippen molar-refractivity contribution in [2.24, 2.45) is 0 Å². The minimum Gasteiger partial charge on any atom is -0.507 e. The third-order valence-electron chi connectivity index (χ3n) is 3.96. The summed E-state index contributed by atoms with van der Waals surface area (Å²) in [7, 11) is 0. The molecular formula is C16H18N2O2. The van der Waals surface area contributed by atoms with Crippen molar-refractivity contribution in [2.75, 3.05) is 0 Å². The molecule has 1 aromatic carbocycles. The lowest BCUT2D eigenvalue weighted by Crippen LogP contribution is -2.21. The summed E-state index contributed by atoms with van der Waals surface area (Å²) in [6, 6.07) is 3.71. The van der Waals surface area contributed by atoms with Crippen molar-refractivity contribution in [1.82, 2.24) is 9.97 Å². The molecule has 0 fully saturated rings. The van der Waals surface area contributed by atoms with Crippen molar-refractivity contribution in [3.8, 4) is 17.1 Å². The van der Waals surface area contributed by atoms with E-state index >= 15 is 0 Å². The number of nitrogens with zero attached hydrogens (tertiary/aromatic N) is 1. The van der Waals surface area contributed by atoms with Gasteiger partial charge >= 0.3 is 0 Å². The van der Waals surface area contributed by atoms with E-state index in [1.54, 1.807) is 0 Å². The number of phenolic OH excluding ortho intramolecular Hbond substituents is 1. The number of rotatable bonds is 1. The fraction of sp³-hybridized carbons (Fsp3) is 0.375. The molecule has 1 aliphatic carbocycles. The first-order valence-corrected chi connectivity index (χ1v) is 6.99. The quantitative estimate of drug-likeness (QED) is 0.837. The summed E-state index contributed by atoms with van der Waals surface area (Å²) in [4.78, 5) is 19.6. The Morgan fingerprint density at radius 2 is 1.80 bits per heavy atom. The van der Waals surface area contributed by atoms with E-state index in [9.17, 15) is 9.90 Å². The Kier molecular flexibility index (Phi) is 3.08. The van der Waals surface area contributed by atoms with E-state index in [0.717, 1.165) is 53.6 Å². The Bertz CT molecular complexity index is 709. The molecule has 0 amide bonds. The third-order valence-corrected chi connectivity index (χ3v) is 3.96. The molecule has 0 unspecified atom stereocenters. The van der Waals surface area contributed by atoms with Gasteiger partial charge in [-0.1, -0.05) is 0 Å². The summed E-state index contributed by atoms with van der Waals surface area (Å²) in [5, 5.41) is 9.83. The molecule has 3 rings (SSSR count). The molecule has 0 bridgehead atoms. The lowest BCUT2D eigenvalue weighted by atomic mass is 9.97. The highest BCUT2D eigenvalue weighted by Gasteiger charge is 2.16. The van der Waals surface area contributed by atoms with Gasteiger partial charge in [-0.2, -0.15) is 0 Å². The van der Waals surface area contributed by atoms with Crippen LogP contribution in [0.1, 0.15) is 35.2 Å². The van der Waals surface area contributed by atoms with E-state index in [-0.39, 0.29) is 5.56 Å². The summed E-state index contributed by atoms with van der Waals surface area (Å²) in [6.45, 7) is 3.70. The fourth-order valence-electron chi connectivity index (χ4n) is 2.83. The van der Waals surface area contributed by atoms with Crippen LogP contribution in [0.15, 0.2) is 16.9 Å². The van der Waals surface area contributed by atoms with E-state index in [2.05, 4.69) is 9.97 Å². The first-order valence-electron chi connectivity index (χ1n) is 6.99. The van der Waals surface area contributed by atoms with Crippen molar-refractivity contribution < 1.29 is 5.11 Å². The highest BCUT2D eigenvalue weighted by molar-refractivity contribution is 5.61. The van der Waals surface area contributed by atoms with E-state index in [0.29, 0.717) is 11.6 Å². The number of aromatic amines is 1. The second-order valence-electron chi connectivity index (χ2n) is 5.51. The van der Waals surface area contributed by atoms with Gasteiger partial charge < -0.3 is 10.1 Å². The molecule has 20 heavy (non-hydrogen) atoms. The molecule has 104 valence electrons. The zero-order valence-electron chi connectivity index (χ0n) is 11.8. The van der Waals surface area contributed by atoms with Crippen molar-refractivity contribution in [1.29, 1.82) is 0 Å². The van der Waals surface area contributed by atoms with Crippen LogP contribution in [0.4, 0.5) is 0 Å². The molecule has 2 aromatic rings. The van der Waals surface area contributed by atoms with E-state index in [1.807, 2.05) is 26.0 Å². The lowest BCUT2D eigenvalue weighted by Gasteiger charge is -2.15. The van der Waals surface area contributed by atoms with Crippen LogP contribution in [-0.2, 0) is 12.8 Å². The Balaban J connectivity index is 2.16. The molecule has 0 spiro atoms. The minimum absolute atomic E-state index is 0.0203. The van der Waals surface area contributed by atoms with Gasteiger partial charge in [0.05, 0.1) is 5.69 Å².